The minimum Gasteiger partial charge on any atom is -0.301 e. The summed E-state index contributed by atoms with van der Waals surface area (Å²) in [7, 11) is 0. The molecule has 3 aromatic rings. The largest absolute Gasteiger partial charge is 0.301 e. The zero-order chi connectivity index (χ0) is 19.0. The molecule has 136 valence electrons. The summed E-state index contributed by atoms with van der Waals surface area (Å²) >= 11 is 7.47. The van der Waals surface area contributed by atoms with Gasteiger partial charge < -0.3 is 4.90 Å². The summed E-state index contributed by atoms with van der Waals surface area (Å²) in [4.78, 5) is 30.6. The first-order chi connectivity index (χ1) is 13.1. The van der Waals surface area contributed by atoms with Gasteiger partial charge >= 0.3 is 0 Å². The Morgan fingerprint density at radius 3 is 2.41 bits per heavy atom. The van der Waals surface area contributed by atoms with Gasteiger partial charge in [-0.3, -0.25) is 14.5 Å². The van der Waals surface area contributed by atoms with Gasteiger partial charge in [-0.15, -0.1) is 11.3 Å². The third-order valence-electron chi connectivity index (χ3n) is 4.64. The maximum Gasteiger partial charge on any atom is 0.256 e. The van der Waals surface area contributed by atoms with Gasteiger partial charge in [0.25, 0.3) is 5.91 Å². The number of hydrogen-bond donors (Lipinski definition) is 0. The molecule has 1 fully saturated rings. The van der Waals surface area contributed by atoms with Crippen molar-refractivity contribution in [2.75, 3.05) is 16.3 Å². The van der Waals surface area contributed by atoms with Gasteiger partial charge in [0.05, 0.1) is 0 Å². The molecule has 27 heavy (non-hydrogen) atoms. The molecule has 2 amide bonds. The molecule has 0 aliphatic carbocycles. The first kappa shape index (κ1) is 17.8. The van der Waals surface area contributed by atoms with Crippen molar-refractivity contribution in [3.8, 4) is 0 Å². The highest BCUT2D eigenvalue weighted by Gasteiger charge is 2.42. The van der Waals surface area contributed by atoms with Crippen LogP contribution in [0, 0.1) is 6.92 Å². The molecule has 1 aromatic heterocycles. The van der Waals surface area contributed by atoms with E-state index in [9.17, 15) is 9.59 Å². The van der Waals surface area contributed by atoms with Crippen molar-refractivity contribution < 1.29 is 9.59 Å². The zero-order valence-corrected chi connectivity index (χ0v) is 16.2. The van der Waals surface area contributed by atoms with Gasteiger partial charge in [-0.05, 0) is 54.3 Å². The van der Waals surface area contributed by atoms with Gasteiger partial charge in [0.15, 0.2) is 6.04 Å². The second-order valence-corrected chi connectivity index (χ2v) is 7.78. The van der Waals surface area contributed by atoms with Crippen LogP contribution in [-0.2, 0) is 9.59 Å². The van der Waals surface area contributed by atoms with Crippen molar-refractivity contribution in [2.24, 2.45) is 0 Å². The molecule has 1 aliphatic heterocycles. The summed E-state index contributed by atoms with van der Waals surface area (Å²) in [6.45, 7) is 1.95. The van der Waals surface area contributed by atoms with Gasteiger partial charge in [0, 0.05) is 21.3 Å². The van der Waals surface area contributed by atoms with Gasteiger partial charge in [-0.2, -0.15) is 0 Å². The third kappa shape index (κ3) is 3.24. The van der Waals surface area contributed by atoms with Crippen LogP contribution in [0.25, 0.3) is 0 Å². The van der Waals surface area contributed by atoms with Crippen LogP contribution < -0.4 is 9.80 Å². The molecule has 0 bridgehead atoms. The van der Waals surface area contributed by atoms with Gasteiger partial charge in [-0.25, -0.2) is 0 Å². The molecule has 1 unspecified atom stereocenters. The number of halogens is 1. The maximum atomic E-state index is 13.5. The van der Waals surface area contributed by atoms with Crippen LogP contribution in [0.15, 0.2) is 66.0 Å². The second kappa shape index (κ2) is 7.18. The Bertz CT molecular complexity index is 986. The van der Waals surface area contributed by atoms with Gasteiger partial charge in [-0.1, -0.05) is 35.9 Å². The fourth-order valence-corrected chi connectivity index (χ4v) is 4.28. The Labute approximate surface area is 166 Å². The highest BCUT2D eigenvalue weighted by atomic mass is 35.5. The van der Waals surface area contributed by atoms with Gasteiger partial charge in [0.1, 0.15) is 6.54 Å². The molecule has 0 N–H and O–H groups in total. The fourth-order valence-electron chi connectivity index (χ4n) is 3.35. The number of rotatable bonds is 3. The highest BCUT2D eigenvalue weighted by Crippen LogP contribution is 2.37. The average molecular weight is 397 g/mol. The highest BCUT2D eigenvalue weighted by molar-refractivity contribution is 7.10. The Kier molecular flexibility index (Phi) is 4.72. The number of aryl methyl sites for hydroxylation is 1. The van der Waals surface area contributed by atoms with Crippen LogP contribution in [0.5, 0.6) is 0 Å². The summed E-state index contributed by atoms with van der Waals surface area (Å²) in [5.74, 6) is -0.236. The minimum atomic E-state index is -0.688. The number of hydrogen-bond acceptors (Lipinski definition) is 3. The van der Waals surface area contributed by atoms with E-state index in [-0.39, 0.29) is 18.4 Å². The van der Waals surface area contributed by atoms with Crippen LogP contribution in [0.1, 0.15) is 16.5 Å². The van der Waals surface area contributed by atoms with E-state index in [1.165, 1.54) is 11.3 Å². The monoisotopic (exact) mass is 396 g/mol. The molecule has 4 nitrogen and oxygen atoms in total. The predicted molar refractivity (Wildman–Crippen MR) is 110 cm³/mol. The summed E-state index contributed by atoms with van der Waals surface area (Å²) in [6.07, 6.45) is 0. The van der Waals surface area contributed by atoms with E-state index in [2.05, 4.69) is 0 Å². The quantitative estimate of drug-likeness (QED) is 0.636. The van der Waals surface area contributed by atoms with Crippen LogP contribution in [-0.4, -0.2) is 18.4 Å². The molecule has 2 aromatic carbocycles. The lowest BCUT2D eigenvalue weighted by molar-refractivity contribution is -0.128. The molecular formula is C21H17ClN2O2S. The SMILES string of the molecule is Cc1ccccc1N1CC(=O)N(c2ccc(Cl)cc2)C(c2cccs2)C1=O. The average Bonchev–Trinajstić information content (AvgIpc) is 3.19. The summed E-state index contributed by atoms with van der Waals surface area (Å²) in [5, 5.41) is 2.50. The van der Waals surface area contributed by atoms with Crippen LogP contribution in [0.3, 0.4) is 0 Å². The van der Waals surface area contributed by atoms with E-state index in [0.29, 0.717) is 10.7 Å². The van der Waals surface area contributed by atoms with Crippen molar-refractivity contribution >= 4 is 46.1 Å². The predicted octanol–water partition coefficient (Wildman–Crippen LogP) is 4.83. The summed E-state index contributed by atoms with van der Waals surface area (Å²) in [5.41, 5.74) is 2.40. The Balaban J connectivity index is 1.80. The lowest BCUT2D eigenvalue weighted by Gasteiger charge is -2.40. The normalized spacial score (nSPS) is 17.5. The van der Waals surface area contributed by atoms with Crippen molar-refractivity contribution in [1.29, 1.82) is 0 Å². The molecule has 6 heteroatoms. The summed E-state index contributed by atoms with van der Waals surface area (Å²) in [6, 6.07) is 17.7. The standard InChI is InChI=1S/C21H17ClN2O2S/c1-14-5-2-3-6-17(14)23-13-19(25)24(16-10-8-15(22)9-11-16)20(21(23)26)18-7-4-12-27-18/h2-12,20H,13H2,1H3. The molecule has 0 radical (unpaired) electrons. The topological polar surface area (TPSA) is 40.6 Å². The van der Waals surface area contributed by atoms with Crippen molar-refractivity contribution in [1.82, 2.24) is 0 Å². The van der Waals surface area contributed by atoms with Crippen LogP contribution >= 0.6 is 22.9 Å². The zero-order valence-electron chi connectivity index (χ0n) is 14.6. The molecule has 4 rings (SSSR count). The fraction of sp³-hybridized carbons (Fsp3) is 0.143. The molecule has 1 atom stereocenters. The summed E-state index contributed by atoms with van der Waals surface area (Å²) < 4.78 is 0. The Hall–Kier alpha value is -2.63. The van der Waals surface area contributed by atoms with E-state index in [4.69, 9.17) is 11.6 Å². The Morgan fingerprint density at radius 1 is 1.00 bits per heavy atom. The number of amides is 2. The maximum absolute atomic E-state index is 13.5. The smallest absolute Gasteiger partial charge is 0.256 e. The second-order valence-electron chi connectivity index (χ2n) is 6.37. The molecular weight excluding hydrogens is 380 g/mol. The third-order valence-corrected chi connectivity index (χ3v) is 5.82. The van der Waals surface area contributed by atoms with E-state index in [1.807, 2.05) is 48.7 Å². The number of nitrogens with zero attached hydrogens (tertiary/aromatic N) is 2. The number of piperazine rings is 1. The first-order valence-corrected chi connectivity index (χ1v) is 9.80. The first-order valence-electron chi connectivity index (χ1n) is 8.54. The number of para-hydroxylation sites is 1. The Morgan fingerprint density at radius 2 is 1.74 bits per heavy atom. The molecule has 0 spiro atoms. The molecule has 1 saturated heterocycles. The van der Waals surface area contributed by atoms with E-state index >= 15 is 0 Å². The van der Waals surface area contributed by atoms with Gasteiger partial charge in [0.2, 0.25) is 5.91 Å². The number of benzene rings is 2. The van der Waals surface area contributed by atoms with E-state index in [1.54, 1.807) is 34.1 Å². The lowest BCUT2D eigenvalue weighted by Crippen LogP contribution is -2.56. The van der Waals surface area contributed by atoms with Crippen molar-refractivity contribution in [3.05, 3.63) is 81.5 Å². The number of anilines is 2. The number of thiophene rings is 1. The number of carbonyl (C=O) groups is 2. The van der Waals surface area contributed by atoms with Crippen LogP contribution in [0.2, 0.25) is 5.02 Å². The number of carbonyl (C=O) groups excluding carboxylic acids is 2. The lowest BCUT2D eigenvalue weighted by atomic mass is 10.0. The minimum absolute atomic E-state index is 0.00812. The van der Waals surface area contributed by atoms with Crippen molar-refractivity contribution in [2.45, 2.75) is 13.0 Å². The molecule has 0 saturated carbocycles. The van der Waals surface area contributed by atoms with E-state index in [0.717, 1.165) is 16.1 Å². The van der Waals surface area contributed by atoms with Crippen molar-refractivity contribution in [3.63, 3.8) is 0 Å². The molecule has 2 heterocycles. The molecule has 1 aliphatic rings. The van der Waals surface area contributed by atoms with E-state index < -0.39 is 6.04 Å². The van der Waals surface area contributed by atoms with Crippen LogP contribution in [0.4, 0.5) is 11.4 Å².